The van der Waals surface area contributed by atoms with Crippen LogP contribution in [0.5, 0.6) is 11.6 Å². The third-order valence-corrected chi connectivity index (χ3v) is 2.65. The van der Waals surface area contributed by atoms with Gasteiger partial charge in [-0.05, 0) is 30.7 Å². The first-order valence-corrected chi connectivity index (χ1v) is 5.58. The van der Waals surface area contributed by atoms with E-state index in [9.17, 15) is 4.79 Å². The summed E-state index contributed by atoms with van der Waals surface area (Å²) in [6.07, 6.45) is 1.53. The lowest BCUT2D eigenvalue weighted by atomic mass is 10.1. The fourth-order valence-electron chi connectivity index (χ4n) is 1.50. The summed E-state index contributed by atoms with van der Waals surface area (Å²) in [4.78, 5) is 15.1. The molecule has 0 aliphatic carbocycles. The fourth-order valence-corrected chi connectivity index (χ4v) is 1.66. The highest BCUT2D eigenvalue weighted by molar-refractivity contribution is 6.31. The number of aromatic carboxylic acids is 1. The molecular formula is C13H10ClNO3. The molecule has 0 bridgehead atoms. The van der Waals surface area contributed by atoms with Crippen LogP contribution in [0, 0.1) is 6.92 Å². The van der Waals surface area contributed by atoms with Crippen molar-refractivity contribution >= 4 is 17.6 Å². The van der Waals surface area contributed by atoms with Crippen molar-refractivity contribution in [3.8, 4) is 11.6 Å². The van der Waals surface area contributed by atoms with E-state index in [0.29, 0.717) is 10.6 Å². The van der Waals surface area contributed by atoms with Crippen LogP contribution in [0.15, 0.2) is 36.5 Å². The Labute approximate surface area is 109 Å². The zero-order chi connectivity index (χ0) is 13.1. The molecule has 1 aromatic carbocycles. The first-order valence-electron chi connectivity index (χ1n) is 5.21. The number of halogens is 1. The van der Waals surface area contributed by atoms with Crippen LogP contribution >= 0.6 is 11.6 Å². The second kappa shape index (κ2) is 5.06. The minimum atomic E-state index is -1.05. The average Bonchev–Trinajstić information content (AvgIpc) is 2.34. The van der Waals surface area contributed by atoms with Crippen molar-refractivity contribution in [3.05, 3.63) is 52.7 Å². The van der Waals surface area contributed by atoms with Gasteiger partial charge in [0.05, 0.1) is 0 Å². The van der Waals surface area contributed by atoms with E-state index in [-0.39, 0.29) is 17.2 Å². The average molecular weight is 264 g/mol. The summed E-state index contributed by atoms with van der Waals surface area (Å²) in [6.45, 7) is 1.76. The molecule has 1 aromatic heterocycles. The molecule has 92 valence electrons. The number of rotatable bonds is 3. The van der Waals surface area contributed by atoms with Gasteiger partial charge in [0.2, 0.25) is 5.88 Å². The van der Waals surface area contributed by atoms with Crippen LogP contribution in [-0.2, 0) is 0 Å². The second-order valence-electron chi connectivity index (χ2n) is 3.65. The van der Waals surface area contributed by atoms with E-state index in [4.69, 9.17) is 21.4 Å². The van der Waals surface area contributed by atoms with Gasteiger partial charge in [0, 0.05) is 6.20 Å². The maximum Gasteiger partial charge on any atom is 0.339 e. The predicted octanol–water partition coefficient (Wildman–Crippen LogP) is 3.53. The summed E-state index contributed by atoms with van der Waals surface area (Å²) < 4.78 is 5.51. The molecule has 0 unspecified atom stereocenters. The Morgan fingerprint density at radius 1 is 1.33 bits per heavy atom. The van der Waals surface area contributed by atoms with E-state index in [2.05, 4.69) is 4.98 Å². The third kappa shape index (κ3) is 2.43. The SMILES string of the molecule is Cc1cccc(C(=O)O)c1Oc1ncccc1Cl. The van der Waals surface area contributed by atoms with Gasteiger partial charge in [-0.15, -0.1) is 0 Å². The van der Waals surface area contributed by atoms with Crippen molar-refractivity contribution in [2.24, 2.45) is 0 Å². The maximum absolute atomic E-state index is 11.1. The molecule has 1 heterocycles. The van der Waals surface area contributed by atoms with Crippen molar-refractivity contribution in [2.75, 3.05) is 0 Å². The van der Waals surface area contributed by atoms with Crippen molar-refractivity contribution in [2.45, 2.75) is 6.92 Å². The minimum absolute atomic E-state index is 0.0803. The van der Waals surface area contributed by atoms with Gasteiger partial charge >= 0.3 is 5.97 Å². The van der Waals surface area contributed by atoms with Gasteiger partial charge in [-0.2, -0.15) is 0 Å². The molecule has 5 heteroatoms. The Morgan fingerprint density at radius 2 is 2.11 bits per heavy atom. The number of para-hydroxylation sites is 1. The number of carboxylic acids is 1. The second-order valence-corrected chi connectivity index (χ2v) is 4.06. The number of carboxylic acid groups (broad SMARTS) is 1. The van der Waals surface area contributed by atoms with Gasteiger partial charge in [-0.3, -0.25) is 0 Å². The number of pyridine rings is 1. The van der Waals surface area contributed by atoms with E-state index in [1.807, 2.05) is 0 Å². The molecule has 0 fully saturated rings. The van der Waals surface area contributed by atoms with E-state index >= 15 is 0 Å². The molecule has 0 aliphatic rings. The minimum Gasteiger partial charge on any atom is -0.478 e. The van der Waals surface area contributed by atoms with Gasteiger partial charge < -0.3 is 9.84 Å². The zero-order valence-electron chi connectivity index (χ0n) is 9.55. The van der Waals surface area contributed by atoms with E-state index in [1.54, 1.807) is 31.2 Å². The van der Waals surface area contributed by atoms with E-state index < -0.39 is 5.97 Å². The van der Waals surface area contributed by atoms with Crippen LogP contribution in [0.25, 0.3) is 0 Å². The lowest BCUT2D eigenvalue weighted by Gasteiger charge is -2.11. The Bertz CT molecular complexity index is 599. The van der Waals surface area contributed by atoms with E-state index in [1.165, 1.54) is 12.3 Å². The maximum atomic E-state index is 11.1. The van der Waals surface area contributed by atoms with Crippen LogP contribution in [0.2, 0.25) is 5.02 Å². The number of hydrogen-bond acceptors (Lipinski definition) is 3. The molecule has 1 N–H and O–H groups in total. The Balaban J connectivity index is 2.46. The molecule has 2 aromatic rings. The van der Waals surface area contributed by atoms with Crippen molar-refractivity contribution < 1.29 is 14.6 Å². The molecule has 0 saturated carbocycles. The lowest BCUT2D eigenvalue weighted by Crippen LogP contribution is -2.02. The molecule has 2 rings (SSSR count). The van der Waals surface area contributed by atoms with Gasteiger partial charge in [-0.25, -0.2) is 9.78 Å². The quantitative estimate of drug-likeness (QED) is 0.920. The van der Waals surface area contributed by atoms with Crippen LogP contribution < -0.4 is 4.74 Å². The molecule has 0 spiro atoms. The number of aryl methyl sites for hydroxylation is 1. The molecule has 0 saturated heterocycles. The van der Waals surface area contributed by atoms with Gasteiger partial charge in [0.1, 0.15) is 16.3 Å². The van der Waals surface area contributed by atoms with Crippen molar-refractivity contribution in [1.29, 1.82) is 0 Å². The molecular weight excluding hydrogens is 254 g/mol. The van der Waals surface area contributed by atoms with Gasteiger partial charge in [-0.1, -0.05) is 23.7 Å². The van der Waals surface area contributed by atoms with Crippen LogP contribution in [0.3, 0.4) is 0 Å². The number of benzene rings is 1. The molecule has 4 nitrogen and oxygen atoms in total. The summed E-state index contributed by atoms with van der Waals surface area (Å²) in [5.74, 6) is -0.609. The summed E-state index contributed by atoms with van der Waals surface area (Å²) in [5.41, 5.74) is 0.785. The highest BCUT2D eigenvalue weighted by atomic mass is 35.5. The summed E-state index contributed by atoms with van der Waals surface area (Å²) in [7, 11) is 0. The van der Waals surface area contributed by atoms with Crippen LogP contribution in [0.1, 0.15) is 15.9 Å². The number of aromatic nitrogens is 1. The highest BCUT2D eigenvalue weighted by Crippen LogP contribution is 2.31. The summed E-state index contributed by atoms with van der Waals surface area (Å²) in [6, 6.07) is 8.19. The van der Waals surface area contributed by atoms with Crippen molar-refractivity contribution in [3.63, 3.8) is 0 Å². The molecule has 0 atom stereocenters. The van der Waals surface area contributed by atoms with Gasteiger partial charge in [0.25, 0.3) is 0 Å². The smallest absolute Gasteiger partial charge is 0.339 e. The first kappa shape index (κ1) is 12.4. The molecule has 18 heavy (non-hydrogen) atoms. The molecule has 0 amide bonds. The van der Waals surface area contributed by atoms with E-state index in [0.717, 1.165) is 0 Å². The van der Waals surface area contributed by atoms with Crippen molar-refractivity contribution in [1.82, 2.24) is 4.98 Å². The number of carbonyl (C=O) groups is 1. The monoisotopic (exact) mass is 263 g/mol. The first-order chi connectivity index (χ1) is 8.59. The summed E-state index contributed by atoms with van der Waals surface area (Å²) in [5, 5.41) is 9.43. The highest BCUT2D eigenvalue weighted by Gasteiger charge is 2.15. The fraction of sp³-hybridized carbons (Fsp3) is 0.0769. The third-order valence-electron chi connectivity index (χ3n) is 2.37. The largest absolute Gasteiger partial charge is 0.478 e. The molecule has 0 radical (unpaired) electrons. The van der Waals surface area contributed by atoms with Crippen LogP contribution in [-0.4, -0.2) is 16.1 Å². The number of hydrogen-bond donors (Lipinski definition) is 1. The number of nitrogens with zero attached hydrogens (tertiary/aromatic N) is 1. The lowest BCUT2D eigenvalue weighted by molar-refractivity contribution is 0.0694. The zero-order valence-corrected chi connectivity index (χ0v) is 10.3. The Kier molecular flexibility index (Phi) is 3.48. The predicted molar refractivity (Wildman–Crippen MR) is 67.5 cm³/mol. The van der Waals surface area contributed by atoms with Crippen LogP contribution in [0.4, 0.5) is 0 Å². The van der Waals surface area contributed by atoms with Gasteiger partial charge in [0.15, 0.2) is 0 Å². The number of ether oxygens (including phenoxy) is 1. The topological polar surface area (TPSA) is 59.4 Å². The Morgan fingerprint density at radius 3 is 2.78 bits per heavy atom. The standard InChI is InChI=1S/C13H10ClNO3/c1-8-4-2-5-9(13(16)17)11(8)18-12-10(14)6-3-7-15-12/h2-7H,1H3,(H,16,17). The Hall–Kier alpha value is -2.07. The summed E-state index contributed by atoms with van der Waals surface area (Å²) >= 11 is 5.92. The normalized spacial score (nSPS) is 10.1. The molecule has 0 aliphatic heterocycles.